The Morgan fingerprint density at radius 3 is 3.04 bits per heavy atom. The number of rotatable bonds is 4. The second kappa shape index (κ2) is 7.51. The minimum atomic E-state index is -0.122. The molecule has 0 saturated carbocycles. The van der Waals surface area contributed by atoms with Crippen LogP contribution in [0.25, 0.3) is 0 Å². The van der Waals surface area contributed by atoms with Crippen molar-refractivity contribution in [3.05, 3.63) is 59.7 Å². The summed E-state index contributed by atoms with van der Waals surface area (Å²) in [6.07, 6.45) is 6.92. The fourth-order valence-electron chi connectivity index (χ4n) is 3.74. The minimum absolute atomic E-state index is 0.00507. The van der Waals surface area contributed by atoms with Crippen LogP contribution in [0.2, 0.25) is 0 Å². The van der Waals surface area contributed by atoms with Crippen molar-refractivity contribution >= 4 is 5.91 Å². The summed E-state index contributed by atoms with van der Waals surface area (Å²) in [7, 11) is 0. The van der Waals surface area contributed by atoms with Gasteiger partial charge in [-0.2, -0.15) is 0 Å². The number of aryl methyl sites for hydroxylation is 1. The van der Waals surface area contributed by atoms with E-state index in [9.17, 15) is 4.79 Å². The molecule has 0 N–H and O–H groups in total. The molecule has 0 aromatic carbocycles. The maximum absolute atomic E-state index is 13.0. The number of nitrogens with zero attached hydrogens (tertiary/aromatic N) is 3. The number of hydrogen-bond donors (Lipinski definition) is 0. The molecule has 26 heavy (non-hydrogen) atoms. The quantitative estimate of drug-likeness (QED) is 0.844. The zero-order valence-corrected chi connectivity index (χ0v) is 14.9. The molecule has 0 aliphatic carbocycles. The lowest BCUT2D eigenvalue weighted by Gasteiger charge is -2.32. The van der Waals surface area contributed by atoms with E-state index in [1.807, 2.05) is 36.1 Å². The van der Waals surface area contributed by atoms with Crippen molar-refractivity contribution < 1.29 is 14.3 Å². The van der Waals surface area contributed by atoms with Crippen LogP contribution in [-0.2, 0) is 16.1 Å². The average Bonchev–Trinajstić information content (AvgIpc) is 3.06. The molecule has 2 aromatic rings. The average molecular weight is 353 g/mol. The molecule has 0 spiro atoms. The Morgan fingerprint density at radius 2 is 2.27 bits per heavy atom. The highest BCUT2D eigenvalue weighted by molar-refractivity contribution is 5.94. The Labute approximate surface area is 153 Å². The zero-order valence-electron chi connectivity index (χ0n) is 14.9. The number of likely N-dealkylation sites (tertiary alicyclic amines) is 1. The number of carbonyl (C=O) groups excluding carboxylic acids is 1. The molecule has 3 atom stereocenters. The van der Waals surface area contributed by atoms with Gasteiger partial charge >= 0.3 is 0 Å². The van der Waals surface area contributed by atoms with Gasteiger partial charge in [0.15, 0.2) is 0 Å². The van der Waals surface area contributed by atoms with Crippen LogP contribution in [0.15, 0.2) is 42.9 Å². The summed E-state index contributed by atoms with van der Waals surface area (Å²) in [6.45, 7) is 3.65. The zero-order chi connectivity index (χ0) is 17.9. The Balaban J connectivity index is 1.49. The molecule has 0 bridgehead atoms. The van der Waals surface area contributed by atoms with E-state index in [0.717, 1.165) is 30.7 Å². The Morgan fingerprint density at radius 1 is 1.35 bits per heavy atom. The lowest BCUT2D eigenvalue weighted by atomic mass is 10.0. The third kappa shape index (κ3) is 3.48. The molecule has 4 heterocycles. The summed E-state index contributed by atoms with van der Waals surface area (Å²) in [5.74, 6) is 0.00507. The van der Waals surface area contributed by atoms with Gasteiger partial charge in [0, 0.05) is 30.9 Å². The van der Waals surface area contributed by atoms with Crippen molar-refractivity contribution in [3.8, 4) is 0 Å². The maximum atomic E-state index is 13.0. The van der Waals surface area contributed by atoms with E-state index in [1.165, 1.54) is 0 Å². The van der Waals surface area contributed by atoms with Crippen molar-refractivity contribution in [2.45, 2.75) is 44.6 Å². The standard InChI is InChI=1S/C20H23N3O3/c1-14-6-7-16(11-22-14)20(24)23-12-18(19-17(23)5-3-9-25-19)26-13-15-4-2-8-21-10-15/h2,4,6-8,10-11,17-19H,3,5,9,12-13H2,1H3/t17-,18+,19-/m0/s1. The fraction of sp³-hybridized carbons (Fsp3) is 0.450. The van der Waals surface area contributed by atoms with Crippen molar-refractivity contribution in [1.29, 1.82) is 0 Å². The highest BCUT2D eigenvalue weighted by Crippen LogP contribution is 2.32. The normalized spacial score (nSPS) is 25.1. The predicted octanol–water partition coefficient (Wildman–Crippen LogP) is 2.37. The molecule has 0 unspecified atom stereocenters. The predicted molar refractivity (Wildman–Crippen MR) is 95.6 cm³/mol. The first kappa shape index (κ1) is 17.1. The van der Waals surface area contributed by atoms with Crippen molar-refractivity contribution in [3.63, 3.8) is 0 Å². The van der Waals surface area contributed by atoms with Gasteiger partial charge in [-0.1, -0.05) is 6.07 Å². The van der Waals surface area contributed by atoms with Gasteiger partial charge in [-0.15, -0.1) is 0 Å². The van der Waals surface area contributed by atoms with Crippen LogP contribution in [0.3, 0.4) is 0 Å². The first-order chi connectivity index (χ1) is 12.7. The number of fused-ring (bicyclic) bond motifs is 1. The molecule has 4 rings (SSSR count). The number of ether oxygens (including phenoxy) is 2. The van der Waals surface area contributed by atoms with Crippen LogP contribution in [0.1, 0.15) is 34.5 Å². The molecule has 2 aliphatic heterocycles. The van der Waals surface area contributed by atoms with E-state index in [-0.39, 0.29) is 24.2 Å². The van der Waals surface area contributed by atoms with Crippen LogP contribution in [0.5, 0.6) is 0 Å². The summed E-state index contributed by atoms with van der Waals surface area (Å²) < 4.78 is 12.1. The van der Waals surface area contributed by atoms with Gasteiger partial charge in [0.2, 0.25) is 0 Å². The van der Waals surface area contributed by atoms with Gasteiger partial charge in [-0.25, -0.2) is 0 Å². The summed E-state index contributed by atoms with van der Waals surface area (Å²) >= 11 is 0. The summed E-state index contributed by atoms with van der Waals surface area (Å²) in [4.78, 5) is 23.3. The molecule has 136 valence electrons. The number of carbonyl (C=O) groups is 1. The Kier molecular flexibility index (Phi) is 4.95. The molecular weight excluding hydrogens is 330 g/mol. The van der Waals surface area contributed by atoms with E-state index < -0.39 is 0 Å². The van der Waals surface area contributed by atoms with E-state index in [1.54, 1.807) is 18.6 Å². The van der Waals surface area contributed by atoms with E-state index in [4.69, 9.17) is 9.47 Å². The summed E-state index contributed by atoms with van der Waals surface area (Å²) in [5, 5.41) is 0. The first-order valence-electron chi connectivity index (χ1n) is 9.08. The number of hydrogen-bond acceptors (Lipinski definition) is 5. The number of pyridine rings is 2. The van der Waals surface area contributed by atoms with E-state index in [2.05, 4.69) is 9.97 Å². The molecule has 6 nitrogen and oxygen atoms in total. The highest BCUT2D eigenvalue weighted by atomic mass is 16.5. The smallest absolute Gasteiger partial charge is 0.255 e. The molecular formula is C20H23N3O3. The molecule has 2 saturated heterocycles. The largest absolute Gasteiger partial charge is 0.373 e. The third-order valence-corrected chi connectivity index (χ3v) is 5.08. The third-order valence-electron chi connectivity index (χ3n) is 5.08. The van der Waals surface area contributed by atoms with Gasteiger partial charge in [0.1, 0.15) is 12.2 Å². The molecule has 2 fully saturated rings. The summed E-state index contributed by atoms with van der Waals surface area (Å²) in [6, 6.07) is 7.66. The van der Waals surface area contributed by atoms with E-state index >= 15 is 0 Å². The van der Waals surface area contributed by atoms with Gasteiger partial charge in [-0.05, 0) is 43.5 Å². The van der Waals surface area contributed by atoms with Crippen LogP contribution in [0.4, 0.5) is 0 Å². The van der Waals surface area contributed by atoms with Crippen LogP contribution >= 0.6 is 0 Å². The minimum Gasteiger partial charge on any atom is -0.373 e. The van der Waals surface area contributed by atoms with Crippen molar-refractivity contribution in [1.82, 2.24) is 14.9 Å². The first-order valence-corrected chi connectivity index (χ1v) is 9.08. The Bertz CT molecular complexity index is 751. The Hall–Kier alpha value is -2.31. The van der Waals surface area contributed by atoms with E-state index in [0.29, 0.717) is 18.7 Å². The monoisotopic (exact) mass is 353 g/mol. The second-order valence-corrected chi connectivity index (χ2v) is 6.90. The van der Waals surface area contributed by atoms with Gasteiger partial charge < -0.3 is 14.4 Å². The van der Waals surface area contributed by atoms with Gasteiger partial charge in [0.25, 0.3) is 5.91 Å². The molecule has 2 aliphatic rings. The lowest BCUT2D eigenvalue weighted by molar-refractivity contribution is -0.0810. The van der Waals surface area contributed by atoms with Gasteiger partial charge in [0.05, 0.1) is 24.8 Å². The molecule has 6 heteroatoms. The van der Waals surface area contributed by atoms with Crippen molar-refractivity contribution in [2.24, 2.45) is 0 Å². The SMILES string of the molecule is Cc1ccc(C(=O)N2C[C@@H](OCc3cccnc3)[C@H]3OCCC[C@@H]32)cn1. The molecule has 1 amide bonds. The molecule has 2 aromatic heterocycles. The second-order valence-electron chi connectivity index (χ2n) is 6.90. The maximum Gasteiger partial charge on any atom is 0.255 e. The summed E-state index contributed by atoms with van der Waals surface area (Å²) in [5.41, 5.74) is 2.54. The van der Waals surface area contributed by atoms with Crippen LogP contribution in [0, 0.1) is 6.92 Å². The highest BCUT2D eigenvalue weighted by Gasteiger charge is 2.46. The van der Waals surface area contributed by atoms with Gasteiger partial charge in [-0.3, -0.25) is 14.8 Å². The van der Waals surface area contributed by atoms with Crippen LogP contribution in [-0.4, -0.2) is 52.2 Å². The number of amides is 1. The number of aromatic nitrogens is 2. The van der Waals surface area contributed by atoms with Crippen LogP contribution < -0.4 is 0 Å². The molecule has 0 radical (unpaired) electrons. The van der Waals surface area contributed by atoms with Crippen molar-refractivity contribution in [2.75, 3.05) is 13.2 Å². The lowest BCUT2D eigenvalue weighted by Crippen LogP contribution is -2.43. The fourth-order valence-corrected chi connectivity index (χ4v) is 3.74. The topological polar surface area (TPSA) is 64.6 Å².